The Morgan fingerprint density at radius 1 is 1.00 bits per heavy atom. The molecule has 5 atom stereocenters. The van der Waals surface area contributed by atoms with E-state index in [9.17, 15) is 18.8 Å². The zero-order chi connectivity index (χ0) is 22.4. The lowest BCUT2D eigenvalue weighted by Crippen LogP contribution is -2.54. The van der Waals surface area contributed by atoms with E-state index in [-0.39, 0.29) is 36.4 Å². The van der Waals surface area contributed by atoms with Crippen LogP contribution in [0, 0.1) is 17.7 Å². The van der Waals surface area contributed by atoms with Gasteiger partial charge in [0.15, 0.2) is 6.10 Å². The van der Waals surface area contributed by atoms with Crippen LogP contribution in [0.4, 0.5) is 4.39 Å². The Balaban J connectivity index is 2.28. The Bertz CT molecular complexity index is 778. The highest BCUT2D eigenvalue weighted by molar-refractivity contribution is 5.66. The molecule has 30 heavy (non-hydrogen) atoms. The zero-order valence-corrected chi connectivity index (χ0v) is 17.7. The molecule has 2 unspecified atom stereocenters. The number of hydrogen-bond acceptors (Lipinski definition) is 8. The molecule has 9 heteroatoms. The van der Waals surface area contributed by atoms with E-state index in [0.29, 0.717) is 0 Å². The van der Waals surface area contributed by atoms with Crippen molar-refractivity contribution in [3.05, 3.63) is 29.6 Å². The quantitative estimate of drug-likeness (QED) is 0.485. The van der Waals surface area contributed by atoms with Crippen molar-refractivity contribution in [2.75, 3.05) is 6.61 Å². The Labute approximate surface area is 174 Å². The molecule has 1 saturated heterocycles. The molecule has 0 amide bonds. The zero-order valence-electron chi connectivity index (χ0n) is 17.7. The van der Waals surface area contributed by atoms with Gasteiger partial charge in [0.05, 0.1) is 6.10 Å². The van der Waals surface area contributed by atoms with E-state index in [2.05, 4.69) is 0 Å². The first-order valence-electron chi connectivity index (χ1n) is 9.63. The van der Waals surface area contributed by atoms with E-state index >= 15 is 0 Å². The van der Waals surface area contributed by atoms with Gasteiger partial charge < -0.3 is 23.7 Å². The molecule has 1 aliphatic heterocycles. The van der Waals surface area contributed by atoms with E-state index in [4.69, 9.17) is 23.7 Å². The van der Waals surface area contributed by atoms with Crippen LogP contribution < -0.4 is 4.74 Å². The van der Waals surface area contributed by atoms with Gasteiger partial charge in [0.2, 0.25) is 6.29 Å². The monoisotopic (exact) mass is 426 g/mol. The largest absolute Gasteiger partial charge is 0.463 e. The highest BCUT2D eigenvalue weighted by Crippen LogP contribution is 2.35. The van der Waals surface area contributed by atoms with Gasteiger partial charge in [-0.2, -0.15) is 0 Å². The number of rotatable bonds is 7. The summed E-state index contributed by atoms with van der Waals surface area (Å²) in [7, 11) is 0. The van der Waals surface area contributed by atoms with Crippen LogP contribution in [0.3, 0.4) is 0 Å². The van der Waals surface area contributed by atoms with Crippen molar-refractivity contribution < 1.29 is 42.5 Å². The van der Waals surface area contributed by atoms with Crippen molar-refractivity contribution in [1.29, 1.82) is 0 Å². The summed E-state index contributed by atoms with van der Waals surface area (Å²) >= 11 is 0. The third kappa shape index (κ3) is 6.41. The molecule has 2 rings (SSSR count). The highest BCUT2D eigenvalue weighted by Gasteiger charge is 2.45. The lowest BCUT2D eigenvalue weighted by atomic mass is 9.83. The summed E-state index contributed by atoms with van der Waals surface area (Å²) in [5, 5.41) is 0. The molecule has 8 nitrogen and oxygen atoms in total. The molecular formula is C21H27FO8. The third-order valence-electron chi connectivity index (χ3n) is 4.96. The maximum absolute atomic E-state index is 13.7. The minimum absolute atomic E-state index is 0.0111. The molecule has 1 heterocycles. The predicted molar refractivity (Wildman–Crippen MR) is 102 cm³/mol. The average molecular weight is 426 g/mol. The smallest absolute Gasteiger partial charge is 0.303 e. The normalized spacial score (nSPS) is 25.9. The molecule has 0 saturated carbocycles. The van der Waals surface area contributed by atoms with Gasteiger partial charge in [-0.05, 0) is 24.1 Å². The van der Waals surface area contributed by atoms with Gasteiger partial charge in [-0.15, -0.1) is 0 Å². The van der Waals surface area contributed by atoms with Crippen LogP contribution in [0.15, 0.2) is 18.2 Å². The number of halogens is 1. The van der Waals surface area contributed by atoms with Gasteiger partial charge in [-0.1, -0.05) is 13.8 Å². The second-order valence-electron chi connectivity index (χ2n) is 7.29. The SMILES string of the molecule is CC(=O)OCc1cc(F)ccc1O[C@@H]1OC(COC(C)=O)[C@@H](C)[C@H](C)C1OC(C)=O. The van der Waals surface area contributed by atoms with E-state index in [1.807, 2.05) is 13.8 Å². The van der Waals surface area contributed by atoms with Crippen molar-refractivity contribution in [3.8, 4) is 5.75 Å². The van der Waals surface area contributed by atoms with Gasteiger partial charge in [0.1, 0.15) is 24.8 Å². The summed E-state index contributed by atoms with van der Waals surface area (Å²) < 4.78 is 41.1. The topological polar surface area (TPSA) is 97.4 Å². The summed E-state index contributed by atoms with van der Waals surface area (Å²) in [6, 6.07) is 3.76. The standard InChI is InChI=1S/C21H27FO8/c1-11-12(2)20(28-15(5)25)21(30-19(11)10-27-14(4)24)29-18-7-6-17(22)8-16(18)9-26-13(3)23/h6-8,11-12,19-21H,9-10H2,1-5H3/t11-,12-,19?,20?,21+/m0/s1. The average Bonchev–Trinajstić information content (AvgIpc) is 2.66. The molecule has 0 aliphatic carbocycles. The first-order chi connectivity index (χ1) is 14.1. The molecule has 0 aromatic heterocycles. The molecule has 1 aromatic rings. The number of benzene rings is 1. The fourth-order valence-electron chi connectivity index (χ4n) is 3.18. The fourth-order valence-corrected chi connectivity index (χ4v) is 3.18. The van der Waals surface area contributed by atoms with E-state index in [0.717, 1.165) is 0 Å². The predicted octanol–water partition coefficient (Wildman–Crippen LogP) is 2.76. The van der Waals surface area contributed by atoms with Gasteiger partial charge >= 0.3 is 17.9 Å². The number of esters is 3. The van der Waals surface area contributed by atoms with Crippen molar-refractivity contribution in [1.82, 2.24) is 0 Å². The highest BCUT2D eigenvalue weighted by atomic mass is 19.1. The van der Waals surface area contributed by atoms with Gasteiger partial charge in [-0.25, -0.2) is 4.39 Å². The Hall–Kier alpha value is -2.68. The molecule has 1 aromatic carbocycles. The first kappa shape index (κ1) is 23.6. The van der Waals surface area contributed by atoms with E-state index < -0.39 is 42.2 Å². The van der Waals surface area contributed by atoms with Gasteiger partial charge in [-0.3, -0.25) is 14.4 Å². The van der Waals surface area contributed by atoms with E-state index in [1.165, 1.54) is 39.0 Å². The second-order valence-corrected chi connectivity index (χ2v) is 7.29. The van der Waals surface area contributed by atoms with Crippen LogP contribution >= 0.6 is 0 Å². The Morgan fingerprint density at radius 3 is 2.27 bits per heavy atom. The molecule has 1 aliphatic rings. The number of carbonyl (C=O) groups excluding carboxylic acids is 3. The van der Waals surface area contributed by atoms with Crippen molar-refractivity contribution in [3.63, 3.8) is 0 Å². The van der Waals surface area contributed by atoms with Gasteiger partial charge in [0, 0.05) is 32.3 Å². The third-order valence-corrected chi connectivity index (χ3v) is 4.96. The molecule has 0 spiro atoms. The summed E-state index contributed by atoms with van der Waals surface area (Å²) in [5.74, 6) is -2.09. The minimum Gasteiger partial charge on any atom is -0.463 e. The van der Waals surface area contributed by atoms with Crippen LogP contribution in [-0.4, -0.2) is 43.0 Å². The molecular weight excluding hydrogens is 399 g/mol. The maximum atomic E-state index is 13.7. The Morgan fingerprint density at radius 2 is 1.67 bits per heavy atom. The molecule has 0 bridgehead atoms. The molecule has 0 radical (unpaired) electrons. The molecule has 166 valence electrons. The molecule has 0 N–H and O–H groups in total. The first-order valence-corrected chi connectivity index (χ1v) is 9.63. The van der Waals surface area contributed by atoms with Crippen LogP contribution in [0.5, 0.6) is 5.75 Å². The van der Waals surface area contributed by atoms with Gasteiger partial charge in [0.25, 0.3) is 0 Å². The summed E-state index contributed by atoms with van der Waals surface area (Å²) in [6.07, 6.45) is -2.29. The lowest BCUT2D eigenvalue weighted by Gasteiger charge is -2.43. The van der Waals surface area contributed by atoms with Crippen molar-refractivity contribution >= 4 is 17.9 Å². The van der Waals surface area contributed by atoms with Crippen LogP contribution in [0.1, 0.15) is 40.2 Å². The maximum Gasteiger partial charge on any atom is 0.303 e. The Kier molecular flexibility index (Phi) is 8.16. The summed E-state index contributed by atoms with van der Waals surface area (Å²) in [4.78, 5) is 34.0. The fraction of sp³-hybridized carbons (Fsp3) is 0.571. The van der Waals surface area contributed by atoms with E-state index in [1.54, 1.807) is 0 Å². The number of hydrogen-bond donors (Lipinski definition) is 0. The molecule has 1 fully saturated rings. The number of ether oxygens (including phenoxy) is 5. The van der Waals surface area contributed by atoms with Crippen molar-refractivity contribution in [2.24, 2.45) is 11.8 Å². The summed E-state index contributed by atoms with van der Waals surface area (Å²) in [5.41, 5.74) is 0.290. The lowest BCUT2D eigenvalue weighted by molar-refractivity contribution is -0.253. The van der Waals surface area contributed by atoms with Crippen LogP contribution in [0.2, 0.25) is 0 Å². The van der Waals surface area contributed by atoms with Crippen LogP contribution in [-0.2, 0) is 39.9 Å². The number of carbonyl (C=O) groups is 3. The second kappa shape index (κ2) is 10.4. The minimum atomic E-state index is -1.04. The van der Waals surface area contributed by atoms with Crippen molar-refractivity contribution in [2.45, 2.75) is 59.7 Å². The van der Waals surface area contributed by atoms with Crippen LogP contribution in [0.25, 0.3) is 0 Å². The summed E-state index contributed by atoms with van der Waals surface area (Å²) in [6.45, 7) is 7.41.